The first kappa shape index (κ1) is 14.8. The molecule has 0 bridgehead atoms. The van der Waals surface area contributed by atoms with Crippen molar-refractivity contribution in [3.63, 3.8) is 0 Å². The van der Waals surface area contributed by atoms with Gasteiger partial charge in [0, 0.05) is 43.1 Å². The molecule has 4 rings (SSSR count). The number of hydrogen-bond acceptors (Lipinski definition) is 5. The number of carbonyl (C=O) groups is 1. The van der Waals surface area contributed by atoms with Crippen LogP contribution >= 0.6 is 11.3 Å². The highest BCUT2D eigenvalue weighted by Gasteiger charge is 2.40. The van der Waals surface area contributed by atoms with Crippen molar-refractivity contribution in [2.24, 2.45) is 0 Å². The summed E-state index contributed by atoms with van der Waals surface area (Å²) >= 11 is 1.64. The Hall–Kier alpha value is -1.76. The molecular weight excluding hydrogens is 312 g/mol. The molecule has 0 aliphatic carbocycles. The lowest BCUT2D eigenvalue weighted by Crippen LogP contribution is -2.47. The first-order chi connectivity index (χ1) is 11.3. The average molecular weight is 330 g/mol. The molecule has 0 aromatic carbocycles. The van der Waals surface area contributed by atoms with Crippen LogP contribution in [0, 0.1) is 0 Å². The van der Waals surface area contributed by atoms with E-state index in [1.807, 2.05) is 28.5 Å². The summed E-state index contributed by atoms with van der Waals surface area (Å²) in [6.07, 6.45) is 3.14. The van der Waals surface area contributed by atoms with Gasteiger partial charge >= 0.3 is 0 Å². The van der Waals surface area contributed by atoms with E-state index >= 15 is 0 Å². The molecule has 2 aromatic heterocycles. The molecule has 2 fully saturated rings. The normalized spacial score (nSPS) is 20.1. The average Bonchev–Trinajstić information content (AvgIpc) is 3.28. The zero-order valence-corrected chi connectivity index (χ0v) is 13.6. The third-order valence-corrected chi connectivity index (χ3v) is 5.14. The van der Waals surface area contributed by atoms with Gasteiger partial charge in [-0.15, -0.1) is 0 Å². The molecule has 23 heavy (non-hydrogen) atoms. The van der Waals surface area contributed by atoms with Gasteiger partial charge in [-0.1, -0.05) is 0 Å². The molecule has 0 saturated carbocycles. The van der Waals surface area contributed by atoms with Crippen LogP contribution in [0.1, 0.15) is 23.2 Å². The van der Waals surface area contributed by atoms with Crippen LogP contribution in [0.3, 0.4) is 0 Å². The van der Waals surface area contributed by atoms with Gasteiger partial charge in [0.15, 0.2) is 5.79 Å². The first-order valence-electron chi connectivity index (χ1n) is 7.82. The van der Waals surface area contributed by atoms with Crippen molar-refractivity contribution < 1.29 is 14.3 Å². The molecule has 0 N–H and O–H groups in total. The van der Waals surface area contributed by atoms with Gasteiger partial charge in [-0.2, -0.15) is 11.3 Å². The highest BCUT2D eigenvalue weighted by molar-refractivity contribution is 7.08. The van der Waals surface area contributed by atoms with Gasteiger partial charge in [0.2, 0.25) is 0 Å². The van der Waals surface area contributed by atoms with Gasteiger partial charge in [0.05, 0.1) is 24.5 Å². The smallest absolute Gasteiger partial charge is 0.255 e. The van der Waals surface area contributed by atoms with E-state index in [0.29, 0.717) is 31.9 Å². The summed E-state index contributed by atoms with van der Waals surface area (Å²) in [6.45, 7) is 2.63. The number of carbonyl (C=O) groups excluding carboxylic acids is 1. The summed E-state index contributed by atoms with van der Waals surface area (Å²) in [5.41, 5.74) is 2.62. The standard InChI is InChI=1S/C17H18N2O3S/c20-16(19-6-4-17(5-7-19)21-8-9-22-17)13-1-2-15(18-11-13)14-3-10-23-12-14/h1-3,10-12H,4-9H2. The van der Waals surface area contributed by atoms with Crippen molar-refractivity contribution in [1.29, 1.82) is 0 Å². The fourth-order valence-electron chi connectivity index (χ4n) is 3.12. The van der Waals surface area contributed by atoms with Crippen LogP contribution < -0.4 is 0 Å². The van der Waals surface area contributed by atoms with Gasteiger partial charge in [0.25, 0.3) is 5.91 Å². The predicted octanol–water partition coefficient (Wildman–Crippen LogP) is 2.79. The van der Waals surface area contributed by atoms with E-state index in [2.05, 4.69) is 10.4 Å². The Morgan fingerprint density at radius 1 is 1.17 bits per heavy atom. The van der Waals surface area contributed by atoms with Crippen LogP contribution in [0.15, 0.2) is 35.2 Å². The molecular formula is C17H18N2O3S. The molecule has 2 aromatic rings. The Balaban J connectivity index is 1.43. The molecule has 2 saturated heterocycles. The minimum atomic E-state index is -0.447. The van der Waals surface area contributed by atoms with E-state index in [4.69, 9.17) is 9.47 Å². The van der Waals surface area contributed by atoms with E-state index in [1.54, 1.807) is 17.5 Å². The number of amides is 1. The maximum Gasteiger partial charge on any atom is 0.255 e. The minimum Gasteiger partial charge on any atom is -0.347 e. The monoisotopic (exact) mass is 330 g/mol. The third-order valence-electron chi connectivity index (χ3n) is 4.45. The molecule has 2 aliphatic rings. The molecule has 0 atom stereocenters. The van der Waals surface area contributed by atoms with Crippen LogP contribution in [0.2, 0.25) is 0 Å². The van der Waals surface area contributed by atoms with Gasteiger partial charge in [0.1, 0.15) is 0 Å². The number of pyridine rings is 1. The molecule has 6 heteroatoms. The number of rotatable bonds is 2. The number of hydrogen-bond donors (Lipinski definition) is 0. The molecule has 4 heterocycles. The molecule has 1 amide bonds. The number of ether oxygens (including phenoxy) is 2. The summed E-state index contributed by atoms with van der Waals surface area (Å²) in [6, 6.07) is 5.79. The van der Waals surface area contributed by atoms with Crippen LogP contribution in [-0.4, -0.2) is 47.9 Å². The first-order valence-corrected chi connectivity index (χ1v) is 8.76. The number of nitrogens with zero attached hydrogens (tertiary/aromatic N) is 2. The largest absolute Gasteiger partial charge is 0.347 e. The maximum atomic E-state index is 12.6. The Morgan fingerprint density at radius 3 is 2.57 bits per heavy atom. The van der Waals surface area contributed by atoms with E-state index in [-0.39, 0.29) is 5.91 Å². The van der Waals surface area contributed by atoms with Crippen molar-refractivity contribution in [1.82, 2.24) is 9.88 Å². The second kappa shape index (κ2) is 6.03. The third kappa shape index (κ3) is 2.89. The van der Waals surface area contributed by atoms with Crippen molar-refractivity contribution >= 4 is 17.2 Å². The molecule has 1 spiro atoms. The zero-order chi connectivity index (χ0) is 15.7. The number of likely N-dealkylation sites (tertiary alicyclic amines) is 1. The second-order valence-corrected chi connectivity index (χ2v) is 6.62. The van der Waals surface area contributed by atoms with E-state index in [9.17, 15) is 4.79 Å². The van der Waals surface area contributed by atoms with Gasteiger partial charge in [-0.3, -0.25) is 9.78 Å². The highest BCUT2D eigenvalue weighted by Crippen LogP contribution is 2.31. The van der Waals surface area contributed by atoms with E-state index in [1.165, 1.54) is 0 Å². The maximum absolute atomic E-state index is 12.6. The van der Waals surface area contributed by atoms with E-state index < -0.39 is 5.79 Å². The Morgan fingerprint density at radius 2 is 1.96 bits per heavy atom. The van der Waals surface area contributed by atoms with Gasteiger partial charge < -0.3 is 14.4 Å². The number of piperidine rings is 1. The summed E-state index contributed by atoms with van der Waals surface area (Å²) in [5, 5.41) is 4.07. The molecule has 120 valence electrons. The molecule has 0 radical (unpaired) electrons. The summed E-state index contributed by atoms with van der Waals surface area (Å²) in [5.74, 6) is -0.417. The Bertz CT molecular complexity index is 668. The molecule has 2 aliphatic heterocycles. The minimum absolute atomic E-state index is 0.0298. The topological polar surface area (TPSA) is 51.7 Å². The summed E-state index contributed by atoms with van der Waals surface area (Å²) < 4.78 is 11.4. The quantitative estimate of drug-likeness (QED) is 0.850. The zero-order valence-electron chi connectivity index (χ0n) is 12.7. The summed E-state index contributed by atoms with van der Waals surface area (Å²) in [7, 11) is 0. The van der Waals surface area contributed by atoms with Crippen molar-refractivity contribution in [3.8, 4) is 11.3 Å². The fourth-order valence-corrected chi connectivity index (χ4v) is 3.77. The van der Waals surface area contributed by atoms with Gasteiger partial charge in [-0.05, 0) is 23.6 Å². The second-order valence-electron chi connectivity index (χ2n) is 5.84. The lowest BCUT2D eigenvalue weighted by atomic mass is 10.0. The highest BCUT2D eigenvalue weighted by atomic mass is 32.1. The molecule has 0 unspecified atom stereocenters. The number of thiophene rings is 1. The molecule has 5 nitrogen and oxygen atoms in total. The van der Waals surface area contributed by atoms with Crippen LogP contribution in [-0.2, 0) is 9.47 Å². The lowest BCUT2D eigenvalue weighted by Gasteiger charge is -2.37. The summed E-state index contributed by atoms with van der Waals surface area (Å²) in [4.78, 5) is 18.9. The Kier molecular flexibility index (Phi) is 3.88. The van der Waals surface area contributed by atoms with Crippen molar-refractivity contribution in [2.75, 3.05) is 26.3 Å². The Labute approximate surface area is 138 Å². The fraction of sp³-hybridized carbons (Fsp3) is 0.412. The lowest BCUT2D eigenvalue weighted by molar-refractivity contribution is -0.181. The number of aromatic nitrogens is 1. The van der Waals surface area contributed by atoms with Crippen molar-refractivity contribution in [2.45, 2.75) is 18.6 Å². The SMILES string of the molecule is O=C(c1ccc(-c2ccsc2)nc1)N1CCC2(CC1)OCCO2. The predicted molar refractivity (Wildman–Crippen MR) is 87.3 cm³/mol. The van der Waals surface area contributed by atoms with Crippen LogP contribution in [0.25, 0.3) is 11.3 Å². The van der Waals surface area contributed by atoms with Crippen LogP contribution in [0.5, 0.6) is 0 Å². The van der Waals surface area contributed by atoms with Gasteiger partial charge in [-0.25, -0.2) is 0 Å². The van der Waals surface area contributed by atoms with Crippen LogP contribution in [0.4, 0.5) is 0 Å². The van der Waals surface area contributed by atoms with E-state index in [0.717, 1.165) is 24.1 Å². The van der Waals surface area contributed by atoms with Crippen molar-refractivity contribution in [3.05, 3.63) is 40.7 Å².